The van der Waals surface area contributed by atoms with Crippen LogP contribution in [-0.4, -0.2) is 8.42 Å². The minimum atomic E-state index is -3.65. The molecule has 5 heteroatoms. The van der Waals surface area contributed by atoms with Gasteiger partial charge in [-0.2, -0.15) is 0 Å². The molecule has 3 rings (SSSR count). The van der Waals surface area contributed by atoms with Gasteiger partial charge in [0, 0.05) is 15.8 Å². The number of halogens is 1. The normalized spacial score (nSPS) is 11.8. The van der Waals surface area contributed by atoms with Crippen LogP contribution in [0, 0.1) is 0 Å². The molecule has 0 saturated heterocycles. The van der Waals surface area contributed by atoms with Crippen LogP contribution in [0.25, 0.3) is 10.8 Å². The summed E-state index contributed by atoms with van der Waals surface area (Å²) in [6.07, 6.45) is 0. The van der Waals surface area contributed by atoms with Crippen LogP contribution in [0.3, 0.4) is 0 Å². The van der Waals surface area contributed by atoms with Crippen LogP contribution >= 0.6 is 11.6 Å². The van der Waals surface area contributed by atoms with E-state index in [1.807, 2.05) is 36.4 Å². The quantitative estimate of drug-likeness (QED) is 0.676. The Morgan fingerprint density at radius 2 is 1.50 bits per heavy atom. The van der Waals surface area contributed by atoms with Crippen molar-refractivity contribution in [1.82, 2.24) is 0 Å². The van der Waals surface area contributed by atoms with Crippen molar-refractivity contribution in [3.8, 4) is 0 Å². The first-order valence-electron chi connectivity index (χ1n) is 7.68. The summed E-state index contributed by atoms with van der Waals surface area (Å²) in [5.41, 5.74) is 1.62. The van der Waals surface area contributed by atoms with Gasteiger partial charge in [-0.1, -0.05) is 61.8 Å². The van der Waals surface area contributed by atoms with Crippen LogP contribution in [-0.2, 0) is 10.0 Å². The van der Waals surface area contributed by atoms with Crippen molar-refractivity contribution in [2.24, 2.45) is 0 Å². The van der Waals surface area contributed by atoms with E-state index in [-0.39, 0.29) is 4.90 Å². The highest BCUT2D eigenvalue weighted by atomic mass is 35.5. The number of sulfonamides is 1. The van der Waals surface area contributed by atoms with Crippen LogP contribution < -0.4 is 4.72 Å². The Bertz CT molecular complexity index is 980. The maximum Gasteiger partial charge on any atom is 0.261 e. The molecule has 0 atom stereocenters. The van der Waals surface area contributed by atoms with E-state index in [1.165, 1.54) is 0 Å². The third-order valence-corrected chi connectivity index (χ3v) is 5.68. The fraction of sp³-hybridized carbons (Fsp3) is 0.158. The number of fused-ring (bicyclic) bond motifs is 1. The zero-order valence-corrected chi connectivity index (χ0v) is 15.0. The number of nitrogens with one attached hydrogen (secondary N) is 1. The van der Waals surface area contributed by atoms with Crippen molar-refractivity contribution in [2.45, 2.75) is 24.7 Å². The second kappa shape index (κ2) is 6.46. The molecule has 0 spiro atoms. The summed E-state index contributed by atoms with van der Waals surface area (Å²) in [4.78, 5) is 0.242. The van der Waals surface area contributed by atoms with Gasteiger partial charge in [0.15, 0.2) is 0 Å². The van der Waals surface area contributed by atoms with Crippen LogP contribution in [0.15, 0.2) is 65.6 Å². The highest BCUT2D eigenvalue weighted by Crippen LogP contribution is 2.31. The Balaban J connectivity index is 1.99. The van der Waals surface area contributed by atoms with E-state index < -0.39 is 10.0 Å². The molecule has 0 aliphatic heterocycles. The van der Waals surface area contributed by atoms with E-state index in [0.29, 0.717) is 16.6 Å². The molecule has 0 unspecified atom stereocenters. The van der Waals surface area contributed by atoms with Gasteiger partial charge in [0.2, 0.25) is 0 Å². The van der Waals surface area contributed by atoms with Crippen molar-refractivity contribution >= 4 is 38.1 Å². The number of hydrogen-bond donors (Lipinski definition) is 1. The largest absolute Gasteiger partial charge is 0.279 e. The number of anilines is 1. The molecule has 24 heavy (non-hydrogen) atoms. The third kappa shape index (κ3) is 3.25. The van der Waals surface area contributed by atoms with Crippen molar-refractivity contribution in [2.75, 3.05) is 4.72 Å². The van der Waals surface area contributed by atoms with Crippen molar-refractivity contribution in [1.29, 1.82) is 0 Å². The molecule has 0 saturated carbocycles. The standard InChI is InChI=1S/C19H18ClNO2S/c1-13(2)14-7-9-15(10-8-14)24(22,23)21-19-12-11-18(20)16-5-3-4-6-17(16)19/h3-13,21H,1-2H3. The number of rotatable bonds is 4. The molecule has 0 amide bonds. The first-order valence-corrected chi connectivity index (χ1v) is 9.54. The lowest BCUT2D eigenvalue weighted by atomic mass is 10.0. The lowest BCUT2D eigenvalue weighted by Gasteiger charge is -2.12. The zero-order valence-electron chi connectivity index (χ0n) is 13.5. The molecule has 0 fully saturated rings. The zero-order chi connectivity index (χ0) is 17.3. The molecule has 1 N–H and O–H groups in total. The summed E-state index contributed by atoms with van der Waals surface area (Å²) in [6.45, 7) is 4.14. The van der Waals surface area contributed by atoms with E-state index in [0.717, 1.165) is 16.3 Å². The maximum atomic E-state index is 12.7. The van der Waals surface area contributed by atoms with Crippen LogP contribution in [0.5, 0.6) is 0 Å². The number of hydrogen-bond acceptors (Lipinski definition) is 2. The number of benzene rings is 3. The van der Waals surface area contributed by atoms with Crippen molar-refractivity contribution < 1.29 is 8.42 Å². The Morgan fingerprint density at radius 1 is 0.875 bits per heavy atom. The lowest BCUT2D eigenvalue weighted by Crippen LogP contribution is -2.13. The molecule has 124 valence electrons. The smallest absolute Gasteiger partial charge is 0.261 e. The van der Waals surface area contributed by atoms with Gasteiger partial charge in [0.05, 0.1) is 10.6 Å². The summed E-state index contributed by atoms with van der Waals surface area (Å²) in [5.74, 6) is 0.356. The van der Waals surface area contributed by atoms with Gasteiger partial charge in [0.1, 0.15) is 0 Å². The molecule has 0 bridgehead atoms. The third-order valence-electron chi connectivity index (χ3n) is 3.97. The van der Waals surface area contributed by atoms with Crippen LogP contribution in [0.1, 0.15) is 25.3 Å². The van der Waals surface area contributed by atoms with Gasteiger partial charge >= 0.3 is 0 Å². The molecule has 0 aliphatic rings. The Morgan fingerprint density at radius 3 is 2.12 bits per heavy atom. The molecule has 0 aliphatic carbocycles. The van der Waals surface area contributed by atoms with Crippen LogP contribution in [0.2, 0.25) is 5.02 Å². The SMILES string of the molecule is CC(C)c1ccc(S(=O)(=O)Nc2ccc(Cl)c3ccccc23)cc1. The molecule has 0 aromatic heterocycles. The minimum Gasteiger partial charge on any atom is -0.279 e. The van der Waals surface area contributed by atoms with Gasteiger partial charge < -0.3 is 0 Å². The van der Waals surface area contributed by atoms with Gasteiger partial charge in [-0.25, -0.2) is 8.42 Å². The highest BCUT2D eigenvalue weighted by Gasteiger charge is 2.16. The fourth-order valence-corrected chi connectivity index (χ4v) is 3.89. The Kier molecular flexibility index (Phi) is 4.52. The highest BCUT2D eigenvalue weighted by molar-refractivity contribution is 7.92. The molecule has 0 heterocycles. The molecule has 0 radical (unpaired) electrons. The molecule has 3 aromatic carbocycles. The van der Waals surface area contributed by atoms with Crippen molar-refractivity contribution in [3.63, 3.8) is 0 Å². The van der Waals surface area contributed by atoms with E-state index in [1.54, 1.807) is 24.3 Å². The predicted molar refractivity (Wildman–Crippen MR) is 100 cm³/mol. The topological polar surface area (TPSA) is 46.2 Å². The van der Waals surface area contributed by atoms with Gasteiger partial charge in [-0.3, -0.25) is 4.72 Å². The summed E-state index contributed by atoms with van der Waals surface area (Å²) in [5, 5.41) is 2.18. The fourth-order valence-electron chi connectivity index (χ4n) is 2.59. The van der Waals surface area contributed by atoms with Gasteiger partial charge in [-0.05, 0) is 35.7 Å². The summed E-state index contributed by atoms with van der Waals surface area (Å²) < 4.78 is 28.0. The summed E-state index contributed by atoms with van der Waals surface area (Å²) in [7, 11) is -3.65. The first-order chi connectivity index (χ1) is 11.4. The summed E-state index contributed by atoms with van der Waals surface area (Å²) in [6, 6.07) is 17.8. The monoisotopic (exact) mass is 359 g/mol. The van der Waals surface area contributed by atoms with E-state index in [4.69, 9.17) is 11.6 Å². The molecule has 3 nitrogen and oxygen atoms in total. The summed E-state index contributed by atoms with van der Waals surface area (Å²) >= 11 is 6.19. The second-order valence-electron chi connectivity index (χ2n) is 5.97. The van der Waals surface area contributed by atoms with E-state index >= 15 is 0 Å². The minimum absolute atomic E-state index is 0.242. The average Bonchev–Trinajstić information content (AvgIpc) is 2.58. The maximum absolute atomic E-state index is 12.7. The first kappa shape index (κ1) is 16.8. The Hall–Kier alpha value is -2.04. The predicted octanol–water partition coefficient (Wildman–Crippen LogP) is 5.42. The Labute approximate surface area is 147 Å². The average molecular weight is 360 g/mol. The van der Waals surface area contributed by atoms with Crippen molar-refractivity contribution in [3.05, 3.63) is 71.2 Å². The van der Waals surface area contributed by atoms with E-state index in [9.17, 15) is 8.42 Å². The van der Waals surface area contributed by atoms with Gasteiger partial charge in [0.25, 0.3) is 10.0 Å². The lowest BCUT2D eigenvalue weighted by molar-refractivity contribution is 0.601. The van der Waals surface area contributed by atoms with E-state index in [2.05, 4.69) is 18.6 Å². The molecule has 3 aromatic rings. The van der Waals surface area contributed by atoms with Gasteiger partial charge in [-0.15, -0.1) is 0 Å². The van der Waals surface area contributed by atoms with Crippen LogP contribution in [0.4, 0.5) is 5.69 Å². The molecular formula is C19H18ClNO2S. The molecular weight excluding hydrogens is 342 g/mol. The second-order valence-corrected chi connectivity index (χ2v) is 8.06.